The Bertz CT molecular complexity index is 1020. The molecule has 0 bridgehead atoms. The number of benzene rings is 2. The maximum atomic E-state index is 13.0. The summed E-state index contributed by atoms with van der Waals surface area (Å²) in [6.45, 7) is 0. The van der Waals surface area contributed by atoms with E-state index < -0.39 is 34.8 Å². The number of para-hydroxylation sites is 1. The molecule has 0 N–H and O–H groups in total. The van der Waals surface area contributed by atoms with Crippen molar-refractivity contribution < 1.29 is 23.6 Å². The number of thioether (sulfide) groups is 1. The van der Waals surface area contributed by atoms with Crippen LogP contribution in [0.1, 0.15) is 12.0 Å². The minimum atomic E-state index is -1.17. The van der Waals surface area contributed by atoms with Gasteiger partial charge in [-0.2, -0.15) is 0 Å². The van der Waals surface area contributed by atoms with Gasteiger partial charge in [-0.3, -0.25) is 24.1 Å². The largest absolute Gasteiger partial charge is 0.294 e. The summed E-state index contributed by atoms with van der Waals surface area (Å²) in [5, 5.41) is -0.612. The summed E-state index contributed by atoms with van der Waals surface area (Å²) >= 11 is 0.691. The van der Waals surface area contributed by atoms with Gasteiger partial charge < -0.3 is 0 Å². The SMILES string of the molecule is O=C1CC(N2C(=O)S/C(=C\c3ccc(F)cc3)C2=O)C(=O)N1c1ccccc1. The van der Waals surface area contributed by atoms with Gasteiger partial charge in [-0.15, -0.1) is 0 Å². The number of rotatable bonds is 3. The molecule has 2 aromatic rings. The number of hydrogen-bond donors (Lipinski definition) is 0. The molecule has 1 unspecified atom stereocenters. The van der Waals surface area contributed by atoms with Crippen molar-refractivity contribution in [1.82, 2.24) is 4.90 Å². The van der Waals surface area contributed by atoms with Crippen molar-refractivity contribution in [2.24, 2.45) is 0 Å². The minimum Gasteiger partial charge on any atom is -0.274 e. The second-order valence-corrected chi connectivity index (χ2v) is 7.22. The molecular formula is C20H13FN2O4S. The van der Waals surface area contributed by atoms with Gasteiger partial charge in [0.1, 0.15) is 11.9 Å². The summed E-state index contributed by atoms with van der Waals surface area (Å²) in [6.07, 6.45) is 1.20. The fourth-order valence-electron chi connectivity index (χ4n) is 3.12. The van der Waals surface area contributed by atoms with Gasteiger partial charge in [0.25, 0.3) is 17.1 Å². The van der Waals surface area contributed by atoms with Crippen molar-refractivity contribution in [2.45, 2.75) is 12.5 Å². The number of imide groups is 2. The first-order valence-corrected chi connectivity index (χ1v) is 9.22. The van der Waals surface area contributed by atoms with E-state index in [4.69, 9.17) is 0 Å². The Labute approximate surface area is 163 Å². The predicted octanol–water partition coefficient (Wildman–Crippen LogP) is 3.19. The van der Waals surface area contributed by atoms with Gasteiger partial charge in [0.15, 0.2) is 0 Å². The zero-order valence-corrected chi connectivity index (χ0v) is 15.2. The van der Waals surface area contributed by atoms with Crippen LogP contribution in [0, 0.1) is 5.82 Å². The molecule has 2 fully saturated rings. The molecule has 2 aliphatic rings. The Morgan fingerprint density at radius 2 is 1.64 bits per heavy atom. The van der Waals surface area contributed by atoms with Crippen molar-refractivity contribution in [3.8, 4) is 0 Å². The molecule has 0 radical (unpaired) electrons. The molecule has 140 valence electrons. The van der Waals surface area contributed by atoms with E-state index in [0.717, 1.165) is 9.80 Å². The molecule has 2 aromatic carbocycles. The standard InChI is InChI=1S/C20H13FN2O4S/c21-13-8-6-12(7-9-13)10-16-19(26)23(20(27)28-16)15-11-17(24)22(18(15)25)14-4-2-1-3-5-14/h1-10,15H,11H2/b16-10-. The fourth-order valence-corrected chi connectivity index (χ4v) is 4.00. The van der Waals surface area contributed by atoms with Gasteiger partial charge in [0, 0.05) is 0 Å². The van der Waals surface area contributed by atoms with Gasteiger partial charge in [-0.05, 0) is 47.7 Å². The molecule has 0 saturated carbocycles. The maximum absolute atomic E-state index is 13.0. The molecule has 4 rings (SSSR count). The predicted molar refractivity (Wildman–Crippen MR) is 102 cm³/mol. The topological polar surface area (TPSA) is 74.8 Å². The number of carbonyl (C=O) groups excluding carboxylic acids is 4. The Kier molecular flexibility index (Phi) is 4.56. The Morgan fingerprint density at radius 3 is 2.32 bits per heavy atom. The average molecular weight is 396 g/mol. The lowest BCUT2D eigenvalue weighted by molar-refractivity contribution is -0.130. The summed E-state index contributed by atoms with van der Waals surface area (Å²) in [6, 6.07) is 12.6. The molecule has 28 heavy (non-hydrogen) atoms. The molecule has 2 saturated heterocycles. The van der Waals surface area contributed by atoms with Gasteiger partial charge >= 0.3 is 0 Å². The van der Waals surface area contributed by atoms with Crippen molar-refractivity contribution in [2.75, 3.05) is 4.90 Å². The first-order valence-electron chi connectivity index (χ1n) is 8.40. The van der Waals surface area contributed by atoms with E-state index in [0.29, 0.717) is 23.0 Å². The summed E-state index contributed by atoms with van der Waals surface area (Å²) in [5.74, 6) is -2.13. The average Bonchev–Trinajstić information content (AvgIpc) is 3.12. The molecule has 4 amide bonds. The van der Waals surface area contributed by atoms with E-state index in [-0.39, 0.29) is 11.3 Å². The van der Waals surface area contributed by atoms with Crippen molar-refractivity contribution in [3.05, 3.63) is 70.9 Å². The van der Waals surface area contributed by atoms with Crippen LogP contribution in [0.25, 0.3) is 6.08 Å². The highest BCUT2D eigenvalue weighted by atomic mass is 32.2. The van der Waals surface area contributed by atoms with Crippen LogP contribution in [0.2, 0.25) is 0 Å². The van der Waals surface area contributed by atoms with E-state index >= 15 is 0 Å². The van der Waals surface area contributed by atoms with Crippen molar-refractivity contribution in [1.29, 1.82) is 0 Å². The van der Waals surface area contributed by atoms with Crippen molar-refractivity contribution in [3.63, 3.8) is 0 Å². The molecule has 2 heterocycles. The van der Waals surface area contributed by atoms with Crippen LogP contribution < -0.4 is 4.90 Å². The highest BCUT2D eigenvalue weighted by molar-refractivity contribution is 8.18. The number of hydrogen-bond acceptors (Lipinski definition) is 5. The minimum absolute atomic E-state index is 0.120. The maximum Gasteiger partial charge on any atom is 0.294 e. The van der Waals surface area contributed by atoms with Crippen LogP contribution in [0.4, 0.5) is 14.9 Å². The first kappa shape index (κ1) is 18.1. The second-order valence-electron chi connectivity index (χ2n) is 6.23. The Morgan fingerprint density at radius 1 is 0.964 bits per heavy atom. The van der Waals surface area contributed by atoms with Gasteiger partial charge in [-0.1, -0.05) is 30.3 Å². The number of carbonyl (C=O) groups is 4. The lowest BCUT2D eigenvalue weighted by Crippen LogP contribution is -2.44. The number of amides is 4. The monoisotopic (exact) mass is 396 g/mol. The Balaban J connectivity index is 1.60. The molecular weight excluding hydrogens is 383 g/mol. The molecule has 6 nitrogen and oxygen atoms in total. The number of anilines is 1. The lowest BCUT2D eigenvalue weighted by Gasteiger charge is -2.19. The van der Waals surface area contributed by atoms with Crippen LogP contribution >= 0.6 is 11.8 Å². The van der Waals surface area contributed by atoms with E-state index in [2.05, 4.69) is 0 Å². The summed E-state index contributed by atoms with van der Waals surface area (Å²) in [4.78, 5) is 52.2. The third kappa shape index (κ3) is 3.11. The highest BCUT2D eigenvalue weighted by Crippen LogP contribution is 2.37. The molecule has 0 spiro atoms. The molecule has 0 aliphatic carbocycles. The van der Waals surface area contributed by atoms with E-state index in [1.807, 2.05) is 0 Å². The zero-order chi connectivity index (χ0) is 19.8. The van der Waals surface area contributed by atoms with E-state index in [9.17, 15) is 23.6 Å². The van der Waals surface area contributed by atoms with Crippen LogP contribution in [-0.4, -0.2) is 33.9 Å². The van der Waals surface area contributed by atoms with Crippen molar-refractivity contribution >= 4 is 46.5 Å². The van der Waals surface area contributed by atoms with Crippen LogP contribution in [0.15, 0.2) is 59.5 Å². The smallest absolute Gasteiger partial charge is 0.274 e. The van der Waals surface area contributed by atoms with E-state index in [1.165, 1.54) is 30.3 Å². The Hall–Kier alpha value is -3.26. The van der Waals surface area contributed by atoms with E-state index in [1.54, 1.807) is 30.3 Å². The first-order chi connectivity index (χ1) is 13.5. The summed E-state index contributed by atoms with van der Waals surface area (Å²) in [5.41, 5.74) is 0.945. The third-order valence-corrected chi connectivity index (χ3v) is 5.32. The normalized spacial score (nSPS) is 21.3. The van der Waals surface area contributed by atoms with Gasteiger partial charge in [-0.25, -0.2) is 9.29 Å². The summed E-state index contributed by atoms with van der Waals surface area (Å²) in [7, 11) is 0. The number of halogens is 1. The second kappa shape index (κ2) is 7.05. The van der Waals surface area contributed by atoms with Gasteiger partial charge in [0.2, 0.25) is 5.91 Å². The molecule has 2 aliphatic heterocycles. The van der Waals surface area contributed by atoms with Crippen LogP contribution in [0.3, 0.4) is 0 Å². The molecule has 1 atom stereocenters. The molecule has 8 heteroatoms. The van der Waals surface area contributed by atoms with Gasteiger partial charge in [0.05, 0.1) is 17.0 Å². The van der Waals surface area contributed by atoms with Crippen LogP contribution in [-0.2, 0) is 14.4 Å². The number of nitrogens with zero attached hydrogens (tertiary/aromatic N) is 2. The zero-order valence-electron chi connectivity index (χ0n) is 14.4. The van der Waals surface area contributed by atoms with Crippen LogP contribution in [0.5, 0.6) is 0 Å². The summed E-state index contributed by atoms with van der Waals surface area (Å²) < 4.78 is 13.0. The third-order valence-electron chi connectivity index (χ3n) is 4.44. The highest BCUT2D eigenvalue weighted by Gasteiger charge is 2.50. The molecule has 0 aromatic heterocycles. The fraction of sp³-hybridized carbons (Fsp3) is 0.100. The quantitative estimate of drug-likeness (QED) is 0.588. The lowest BCUT2D eigenvalue weighted by atomic mass is 10.2.